The van der Waals surface area contributed by atoms with Crippen LogP contribution in [0.4, 0.5) is 5.82 Å². The molecule has 27 heavy (non-hydrogen) atoms. The number of furan rings is 1. The van der Waals surface area contributed by atoms with Crippen LogP contribution in [0.25, 0.3) is 11.5 Å². The Hall–Kier alpha value is -2.81. The Balaban J connectivity index is 1.57. The maximum absolute atomic E-state index is 12.2. The van der Waals surface area contributed by atoms with E-state index in [2.05, 4.69) is 20.0 Å². The van der Waals surface area contributed by atoms with Crippen molar-refractivity contribution >= 4 is 23.5 Å². The summed E-state index contributed by atoms with van der Waals surface area (Å²) in [5.41, 5.74) is -0.444. The number of piperidine rings is 1. The fourth-order valence-corrected chi connectivity index (χ4v) is 3.72. The molecule has 1 aliphatic rings. The summed E-state index contributed by atoms with van der Waals surface area (Å²) in [6, 6.07) is 7.23. The first-order chi connectivity index (χ1) is 13.1. The third kappa shape index (κ3) is 3.18. The maximum Gasteiger partial charge on any atom is 0.331 e. The van der Waals surface area contributed by atoms with Gasteiger partial charge in [-0.3, -0.25) is 4.68 Å². The Bertz CT molecular complexity index is 932. The number of thioether (sulfide) groups is 1. The van der Waals surface area contributed by atoms with Gasteiger partial charge in [-0.15, -0.1) is 0 Å². The first kappa shape index (κ1) is 17.6. The molecule has 0 radical (unpaired) electrons. The van der Waals surface area contributed by atoms with Crippen molar-refractivity contribution in [1.29, 1.82) is 0 Å². The summed E-state index contributed by atoms with van der Waals surface area (Å²) in [6.07, 6.45) is 7.82. The second-order valence-electron chi connectivity index (χ2n) is 6.35. The number of nitrogens with zero attached hydrogens (tertiary/aromatic N) is 5. The lowest BCUT2D eigenvalue weighted by atomic mass is 9.87. The highest BCUT2D eigenvalue weighted by atomic mass is 32.2. The van der Waals surface area contributed by atoms with Crippen molar-refractivity contribution in [2.24, 2.45) is 0 Å². The Morgan fingerprint density at radius 2 is 2.11 bits per heavy atom. The zero-order chi connectivity index (χ0) is 18.9. The second kappa shape index (κ2) is 7.07. The van der Waals surface area contributed by atoms with Crippen molar-refractivity contribution in [3.8, 4) is 11.5 Å². The average molecular weight is 385 g/mol. The zero-order valence-corrected chi connectivity index (χ0v) is 15.6. The van der Waals surface area contributed by atoms with Crippen LogP contribution in [0, 0.1) is 0 Å². The van der Waals surface area contributed by atoms with Crippen LogP contribution < -0.4 is 4.90 Å². The summed E-state index contributed by atoms with van der Waals surface area (Å²) in [7, 11) is 0. The molecule has 0 atom stereocenters. The predicted molar refractivity (Wildman–Crippen MR) is 101 cm³/mol. The number of anilines is 1. The molecule has 3 aromatic rings. The number of rotatable bonds is 5. The van der Waals surface area contributed by atoms with Gasteiger partial charge >= 0.3 is 5.97 Å². The van der Waals surface area contributed by atoms with Crippen LogP contribution in [0.15, 0.2) is 52.5 Å². The van der Waals surface area contributed by atoms with E-state index in [1.54, 1.807) is 41.5 Å². The number of hydrogen-bond donors (Lipinski definition) is 1. The molecule has 4 rings (SSSR count). The molecule has 140 valence electrons. The zero-order valence-electron chi connectivity index (χ0n) is 14.8. The number of carboxylic acid groups (broad SMARTS) is 1. The largest absolute Gasteiger partial charge is 0.479 e. The number of carboxylic acids is 1. The summed E-state index contributed by atoms with van der Waals surface area (Å²) in [5, 5.41) is 15.2. The monoisotopic (exact) mass is 385 g/mol. The number of carbonyl (C=O) groups is 1. The lowest BCUT2D eigenvalue weighted by molar-refractivity contribution is -0.149. The van der Waals surface area contributed by atoms with Crippen molar-refractivity contribution in [2.45, 2.75) is 23.5 Å². The maximum atomic E-state index is 12.2. The fourth-order valence-electron chi connectivity index (χ4n) is 3.37. The van der Waals surface area contributed by atoms with E-state index in [0.29, 0.717) is 42.5 Å². The SMILES string of the molecule is CSc1nccc(N2CCC(C(=O)O)(n3ccc(-c4ccco4)n3)CC2)n1. The molecule has 0 aliphatic carbocycles. The summed E-state index contributed by atoms with van der Waals surface area (Å²) >= 11 is 1.48. The Labute approximate surface area is 160 Å². The Morgan fingerprint density at radius 1 is 1.30 bits per heavy atom. The third-order valence-electron chi connectivity index (χ3n) is 4.92. The van der Waals surface area contributed by atoms with Gasteiger partial charge in [0.2, 0.25) is 0 Å². The van der Waals surface area contributed by atoms with E-state index in [1.807, 2.05) is 12.3 Å². The first-order valence-corrected chi connectivity index (χ1v) is 9.80. The molecule has 1 saturated heterocycles. The predicted octanol–water partition coefficient (Wildman–Crippen LogP) is 2.74. The van der Waals surface area contributed by atoms with Gasteiger partial charge in [-0.05, 0) is 30.5 Å². The van der Waals surface area contributed by atoms with Gasteiger partial charge in [0.1, 0.15) is 11.5 Å². The molecule has 1 N–H and O–H groups in total. The quantitative estimate of drug-likeness (QED) is 0.529. The molecular weight excluding hydrogens is 366 g/mol. The Morgan fingerprint density at radius 3 is 2.78 bits per heavy atom. The number of aromatic nitrogens is 4. The van der Waals surface area contributed by atoms with Crippen LogP contribution in [0.1, 0.15) is 12.8 Å². The molecule has 9 heteroatoms. The minimum Gasteiger partial charge on any atom is -0.479 e. The molecule has 0 spiro atoms. The van der Waals surface area contributed by atoms with Crippen LogP contribution in [0.3, 0.4) is 0 Å². The van der Waals surface area contributed by atoms with Crippen molar-refractivity contribution < 1.29 is 14.3 Å². The van der Waals surface area contributed by atoms with E-state index in [1.165, 1.54) is 11.8 Å². The molecule has 0 unspecified atom stereocenters. The summed E-state index contributed by atoms with van der Waals surface area (Å²) < 4.78 is 6.93. The van der Waals surface area contributed by atoms with Gasteiger partial charge in [-0.1, -0.05) is 11.8 Å². The molecule has 0 aromatic carbocycles. The molecule has 1 aliphatic heterocycles. The highest BCUT2D eigenvalue weighted by Gasteiger charge is 2.44. The normalized spacial score (nSPS) is 16.4. The van der Waals surface area contributed by atoms with E-state index < -0.39 is 11.5 Å². The lowest BCUT2D eigenvalue weighted by Crippen LogP contribution is -2.51. The highest BCUT2D eigenvalue weighted by Crippen LogP contribution is 2.33. The van der Waals surface area contributed by atoms with Crippen molar-refractivity contribution in [2.75, 3.05) is 24.2 Å². The lowest BCUT2D eigenvalue weighted by Gasteiger charge is -2.39. The number of hydrogen-bond acceptors (Lipinski definition) is 7. The molecule has 8 nitrogen and oxygen atoms in total. The van der Waals surface area contributed by atoms with Gasteiger partial charge in [0.05, 0.1) is 6.26 Å². The smallest absolute Gasteiger partial charge is 0.331 e. The topological polar surface area (TPSA) is 97.3 Å². The van der Waals surface area contributed by atoms with E-state index in [-0.39, 0.29) is 0 Å². The summed E-state index contributed by atoms with van der Waals surface area (Å²) in [6.45, 7) is 1.15. The van der Waals surface area contributed by atoms with Crippen molar-refractivity contribution in [3.63, 3.8) is 0 Å². The summed E-state index contributed by atoms with van der Waals surface area (Å²) in [5.74, 6) is 0.575. The molecule has 0 saturated carbocycles. The minimum atomic E-state index is -1.07. The van der Waals surface area contributed by atoms with Crippen LogP contribution in [-0.4, -0.2) is 50.2 Å². The van der Waals surface area contributed by atoms with E-state index in [0.717, 1.165) is 5.82 Å². The van der Waals surface area contributed by atoms with Gasteiger partial charge in [0.25, 0.3) is 0 Å². The fraction of sp³-hybridized carbons (Fsp3) is 0.333. The van der Waals surface area contributed by atoms with Gasteiger partial charge in [-0.25, -0.2) is 14.8 Å². The van der Waals surface area contributed by atoms with Gasteiger partial charge in [0, 0.05) is 38.3 Å². The van der Waals surface area contributed by atoms with Gasteiger partial charge < -0.3 is 14.4 Å². The van der Waals surface area contributed by atoms with Gasteiger partial charge in [0.15, 0.2) is 16.5 Å². The van der Waals surface area contributed by atoms with Crippen LogP contribution >= 0.6 is 11.8 Å². The minimum absolute atomic E-state index is 0.431. The molecule has 0 bridgehead atoms. The first-order valence-electron chi connectivity index (χ1n) is 8.58. The standard InChI is InChI=1S/C18H19N5O3S/c1-27-17-19-8-4-15(20-17)22-10-6-18(7-11-22,16(24)25)23-9-5-13(21-23)14-3-2-12-26-14/h2-5,8-9,12H,6-7,10-11H2,1H3,(H,24,25). The average Bonchev–Trinajstić information content (AvgIpc) is 3.39. The van der Waals surface area contributed by atoms with Crippen LogP contribution in [0.5, 0.6) is 0 Å². The number of aliphatic carboxylic acids is 1. The van der Waals surface area contributed by atoms with Crippen molar-refractivity contribution in [1.82, 2.24) is 19.7 Å². The molecule has 4 heterocycles. The molecule has 3 aromatic heterocycles. The second-order valence-corrected chi connectivity index (χ2v) is 7.12. The van der Waals surface area contributed by atoms with E-state index in [4.69, 9.17) is 4.42 Å². The molecule has 1 fully saturated rings. The van der Waals surface area contributed by atoms with E-state index >= 15 is 0 Å². The van der Waals surface area contributed by atoms with Gasteiger partial charge in [-0.2, -0.15) is 5.10 Å². The molecular formula is C18H19N5O3S. The molecule has 0 amide bonds. The summed E-state index contributed by atoms with van der Waals surface area (Å²) in [4.78, 5) is 23.0. The van der Waals surface area contributed by atoms with Crippen LogP contribution in [0.2, 0.25) is 0 Å². The van der Waals surface area contributed by atoms with Crippen molar-refractivity contribution in [3.05, 3.63) is 42.9 Å². The van der Waals surface area contributed by atoms with E-state index in [9.17, 15) is 9.90 Å². The third-order valence-corrected chi connectivity index (χ3v) is 5.48. The Kier molecular flexibility index (Phi) is 4.61. The van der Waals surface area contributed by atoms with Crippen LogP contribution in [-0.2, 0) is 10.3 Å². The highest BCUT2D eigenvalue weighted by molar-refractivity contribution is 7.98.